The highest BCUT2D eigenvalue weighted by atomic mass is 35.5. The number of benzene rings is 1. The van der Waals surface area contributed by atoms with Crippen LogP contribution in [0.15, 0.2) is 24.3 Å². The van der Waals surface area contributed by atoms with Gasteiger partial charge in [-0.15, -0.1) is 0 Å². The number of rotatable bonds is 6. The summed E-state index contributed by atoms with van der Waals surface area (Å²) in [5.41, 5.74) is 0.553. The van der Waals surface area contributed by atoms with Gasteiger partial charge in [-0.3, -0.25) is 4.79 Å². The predicted molar refractivity (Wildman–Crippen MR) is 76.9 cm³/mol. The van der Waals surface area contributed by atoms with Crippen molar-refractivity contribution >= 4 is 29.6 Å². The highest BCUT2D eigenvalue weighted by molar-refractivity contribution is 6.32. The molecule has 0 aromatic heterocycles. The number of aliphatic carboxylic acids is 1. The quantitative estimate of drug-likeness (QED) is 0.818. The summed E-state index contributed by atoms with van der Waals surface area (Å²) in [5, 5.41) is 9.00. The molecule has 0 atom stereocenters. The van der Waals surface area contributed by atoms with Gasteiger partial charge in [-0.1, -0.05) is 23.7 Å². The number of carboxylic acids is 1. The van der Waals surface area contributed by atoms with Gasteiger partial charge in [0.1, 0.15) is 5.75 Å². The fraction of sp³-hybridized carbons (Fsp3) is 0.286. The van der Waals surface area contributed by atoms with Crippen LogP contribution in [0.25, 0.3) is 6.08 Å². The Bertz CT molecular complexity index is 526. The number of carboxylic acid groups (broad SMARTS) is 1. The van der Waals surface area contributed by atoms with Crippen LogP contribution in [0.4, 0.5) is 0 Å². The molecule has 5 nitrogen and oxygen atoms in total. The third-order valence-corrected chi connectivity index (χ3v) is 2.76. The number of amides is 1. The molecule has 0 bridgehead atoms. The lowest BCUT2D eigenvalue weighted by molar-refractivity contribution is -0.131. The van der Waals surface area contributed by atoms with E-state index in [0.29, 0.717) is 16.3 Å². The molecule has 0 spiro atoms. The van der Waals surface area contributed by atoms with E-state index in [2.05, 4.69) is 0 Å². The summed E-state index contributed by atoms with van der Waals surface area (Å²) in [6.07, 6.45) is 2.63. The van der Waals surface area contributed by atoms with Crippen molar-refractivity contribution in [2.45, 2.75) is 6.42 Å². The Morgan fingerprint density at radius 1 is 1.40 bits per heavy atom. The molecule has 1 N–H and O–H groups in total. The molecular formula is C14H16ClNO4. The molecule has 0 unspecified atom stereocenters. The van der Waals surface area contributed by atoms with Crippen LogP contribution in [0, 0.1) is 0 Å². The van der Waals surface area contributed by atoms with E-state index >= 15 is 0 Å². The zero-order valence-corrected chi connectivity index (χ0v) is 12.1. The van der Waals surface area contributed by atoms with Gasteiger partial charge in [0.2, 0.25) is 5.91 Å². The maximum absolute atomic E-state index is 11.4. The van der Waals surface area contributed by atoms with Crippen LogP contribution in [0.1, 0.15) is 12.0 Å². The van der Waals surface area contributed by atoms with E-state index in [9.17, 15) is 9.59 Å². The molecule has 1 amide bonds. The van der Waals surface area contributed by atoms with Gasteiger partial charge >= 0.3 is 5.97 Å². The molecule has 108 valence electrons. The first kappa shape index (κ1) is 16.0. The number of hydrogen-bond donors (Lipinski definition) is 1. The van der Waals surface area contributed by atoms with Gasteiger partial charge in [-0.05, 0) is 12.1 Å². The van der Waals surface area contributed by atoms with Crippen molar-refractivity contribution in [1.82, 2.24) is 4.90 Å². The molecule has 0 fully saturated rings. The van der Waals surface area contributed by atoms with E-state index < -0.39 is 5.97 Å². The Labute approximate surface area is 122 Å². The summed E-state index contributed by atoms with van der Waals surface area (Å²) >= 11 is 6.02. The Morgan fingerprint density at radius 2 is 2.10 bits per heavy atom. The minimum absolute atomic E-state index is 0.0559. The summed E-state index contributed by atoms with van der Waals surface area (Å²) in [6.45, 7) is 0.175. The summed E-state index contributed by atoms with van der Waals surface area (Å²) < 4.78 is 5.50. The van der Waals surface area contributed by atoms with Gasteiger partial charge in [0.25, 0.3) is 0 Å². The van der Waals surface area contributed by atoms with E-state index in [-0.39, 0.29) is 18.9 Å². The van der Waals surface area contributed by atoms with E-state index in [4.69, 9.17) is 21.4 Å². The fourth-order valence-electron chi connectivity index (χ4n) is 1.43. The Morgan fingerprint density at radius 3 is 2.70 bits per heavy atom. The lowest BCUT2D eigenvalue weighted by Gasteiger charge is -2.13. The van der Waals surface area contributed by atoms with Crippen molar-refractivity contribution in [2.75, 3.05) is 20.7 Å². The molecule has 20 heavy (non-hydrogen) atoms. The molecule has 1 aromatic rings. The molecule has 0 radical (unpaired) electrons. The largest absolute Gasteiger partial charge is 0.491 e. The number of hydrogen-bond acceptors (Lipinski definition) is 3. The van der Waals surface area contributed by atoms with Crippen molar-refractivity contribution in [3.63, 3.8) is 0 Å². The van der Waals surface area contributed by atoms with Crippen LogP contribution < -0.4 is 4.74 Å². The van der Waals surface area contributed by atoms with Gasteiger partial charge in [0, 0.05) is 25.7 Å². The van der Waals surface area contributed by atoms with Crippen molar-refractivity contribution in [2.24, 2.45) is 0 Å². The highest BCUT2D eigenvalue weighted by Gasteiger charge is 2.09. The van der Waals surface area contributed by atoms with Crippen LogP contribution in [-0.4, -0.2) is 42.6 Å². The van der Waals surface area contributed by atoms with E-state index in [0.717, 1.165) is 6.08 Å². The molecule has 0 saturated carbocycles. The minimum Gasteiger partial charge on any atom is -0.491 e. The van der Waals surface area contributed by atoms with Crippen molar-refractivity contribution in [1.29, 1.82) is 0 Å². The highest BCUT2D eigenvalue weighted by Crippen LogP contribution is 2.29. The average molecular weight is 298 g/mol. The van der Waals surface area contributed by atoms with Gasteiger partial charge in [-0.25, -0.2) is 4.79 Å². The topological polar surface area (TPSA) is 66.8 Å². The van der Waals surface area contributed by atoms with Crippen molar-refractivity contribution < 1.29 is 19.4 Å². The third-order valence-electron chi connectivity index (χ3n) is 2.46. The van der Waals surface area contributed by atoms with Crippen LogP contribution in [-0.2, 0) is 9.59 Å². The monoisotopic (exact) mass is 297 g/mol. The predicted octanol–water partition coefficient (Wildman–Crippen LogP) is 2.29. The van der Waals surface area contributed by atoms with E-state index in [1.807, 2.05) is 0 Å². The number of ether oxygens (including phenoxy) is 1. The second-order valence-corrected chi connectivity index (χ2v) is 4.62. The van der Waals surface area contributed by atoms with Crippen LogP contribution >= 0.6 is 11.6 Å². The molecule has 0 aliphatic rings. The van der Waals surface area contributed by atoms with Gasteiger partial charge < -0.3 is 14.7 Å². The summed E-state index contributed by atoms with van der Waals surface area (Å²) in [5.74, 6) is -0.739. The first-order valence-corrected chi connectivity index (χ1v) is 6.32. The second kappa shape index (κ2) is 7.55. The number of carbonyl (C=O) groups excluding carboxylic acids is 1. The van der Waals surface area contributed by atoms with Gasteiger partial charge in [-0.2, -0.15) is 0 Å². The molecule has 0 saturated heterocycles. The van der Waals surface area contributed by atoms with E-state index in [1.165, 1.54) is 11.0 Å². The summed E-state index contributed by atoms with van der Waals surface area (Å²) in [4.78, 5) is 23.4. The lowest BCUT2D eigenvalue weighted by atomic mass is 10.2. The van der Waals surface area contributed by atoms with Crippen LogP contribution in [0.2, 0.25) is 5.02 Å². The van der Waals surface area contributed by atoms with Gasteiger partial charge in [0.05, 0.1) is 18.1 Å². The minimum atomic E-state index is -1.06. The van der Waals surface area contributed by atoms with Crippen LogP contribution in [0.3, 0.4) is 0 Å². The first-order valence-electron chi connectivity index (χ1n) is 5.94. The molecule has 0 heterocycles. The number of carbonyl (C=O) groups is 2. The SMILES string of the molecule is CN(C)C(=O)CCOc1c(Cl)cccc1/C=C/C(=O)O. The van der Waals surface area contributed by atoms with Crippen molar-refractivity contribution in [3.05, 3.63) is 34.9 Å². The third kappa shape index (κ3) is 4.93. The first-order chi connectivity index (χ1) is 9.41. The zero-order valence-electron chi connectivity index (χ0n) is 11.3. The smallest absolute Gasteiger partial charge is 0.328 e. The molecule has 0 aliphatic carbocycles. The number of halogens is 1. The standard InChI is InChI=1S/C14H16ClNO4/c1-16(2)12(17)8-9-20-14-10(6-7-13(18)19)4-3-5-11(14)15/h3-7H,8-9H2,1-2H3,(H,18,19)/b7-6+. The second-order valence-electron chi connectivity index (χ2n) is 4.22. The number of nitrogens with zero attached hydrogens (tertiary/aromatic N) is 1. The lowest BCUT2D eigenvalue weighted by Crippen LogP contribution is -2.23. The number of para-hydroxylation sites is 1. The maximum atomic E-state index is 11.4. The molecule has 6 heteroatoms. The Hall–Kier alpha value is -2.01. The maximum Gasteiger partial charge on any atom is 0.328 e. The summed E-state index contributed by atoms with van der Waals surface area (Å²) in [6, 6.07) is 5.03. The fourth-order valence-corrected chi connectivity index (χ4v) is 1.67. The normalized spacial score (nSPS) is 10.6. The summed E-state index contributed by atoms with van der Waals surface area (Å²) in [7, 11) is 3.33. The Balaban J connectivity index is 2.78. The van der Waals surface area contributed by atoms with Gasteiger partial charge in [0.15, 0.2) is 0 Å². The van der Waals surface area contributed by atoms with E-state index in [1.54, 1.807) is 32.3 Å². The molecule has 1 aromatic carbocycles. The molecular weight excluding hydrogens is 282 g/mol. The molecule has 0 aliphatic heterocycles. The average Bonchev–Trinajstić information content (AvgIpc) is 2.38. The Kier molecular flexibility index (Phi) is 6.06. The molecule has 1 rings (SSSR count). The zero-order chi connectivity index (χ0) is 15.1. The van der Waals surface area contributed by atoms with Crippen LogP contribution in [0.5, 0.6) is 5.75 Å². The van der Waals surface area contributed by atoms with Crippen molar-refractivity contribution in [3.8, 4) is 5.75 Å².